The van der Waals surface area contributed by atoms with Crippen molar-refractivity contribution in [1.29, 1.82) is 0 Å². The predicted octanol–water partition coefficient (Wildman–Crippen LogP) is 8.66. The van der Waals surface area contributed by atoms with Crippen LogP contribution >= 0.6 is 0 Å². The van der Waals surface area contributed by atoms with Crippen molar-refractivity contribution >= 4 is 12.0 Å². The summed E-state index contributed by atoms with van der Waals surface area (Å²) in [6.45, 7) is 16.5. The van der Waals surface area contributed by atoms with E-state index in [1.807, 2.05) is 18.2 Å². The Morgan fingerprint density at radius 2 is 1.23 bits per heavy atom. The van der Waals surface area contributed by atoms with Gasteiger partial charge in [-0.05, 0) is 78.1 Å². The number of rotatable bonds is 3. The quantitative estimate of drug-likeness (QED) is 0.256. The van der Waals surface area contributed by atoms with Crippen molar-refractivity contribution in [1.82, 2.24) is 9.80 Å². The molecule has 1 aliphatic heterocycles. The number of carbonyl (C=O) groups excluding carboxylic acids is 2. The van der Waals surface area contributed by atoms with Gasteiger partial charge in [0, 0.05) is 26.2 Å². The van der Waals surface area contributed by atoms with Crippen LogP contribution in [-0.2, 0) is 27.3 Å². The number of carbonyl (C=O) groups is 2. The van der Waals surface area contributed by atoms with Gasteiger partial charge in [0.1, 0.15) is 5.60 Å². The van der Waals surface area contributed by atoms with Gasteiger partial charge in [-0.2, -0.15) is 26.3 Å². The van der Waals surface area contributed by atoms with Gasteiger partial charge in [0.25, 0.3) is 0 Å². The van der Waals surface area contributed by atoms with E-state index in [4.69, 9.17) is 4.74 Å². The lowest BCUT2D eigenvalue weighted by atomic mass is 9.81. The summed E-state index contributed by atoms with van der Waals surface area (Å²) >= 11 is 0. The van der Waals surface area contributed by atoms with Gasteiger partial charge in [-0.1, -0.05) is 35.9 Å². The van der Waals surface area contributed by atoms with Crippen molar-refractivity contribution < 1.29 is 40.7 Å². The maximum Gasteiger partial charge on any atom is 0.416 e. The molecule has 0 radical (unpaired) electrons. The van der Waals surface area contributed by atoms with Gasteiger partial charge >= 0.3 is 18.4 Å². The lowest BCUT2D eigenvalue weighted by molar-refractivity contribution is -0.144. The third kappa shape index (κ3) is 11.3. The molecule has 0 spiro atoms. The van der Waals surface area contributed by atoms with E-state index in [0.29, 0.717) is 38.1 Å². The molecular formula is C32H42F6N2O3. The largest absolute Gasteiger partial charge is 0.444 e. The van der Waals surface area contributed by atoms with Crippen molar-refractivity contribution in [2.75, 3.05) is 20.1 Å². The fourth-order valence-electron chi connectivity index (χ4n) is 4.34. The SMILES string of the molecule is C=C.CN(C(=O)C(C)(C)c1cc(C(F)(F)F)cc(C(F)(F)F)c1)C1CCN(C(=O)OC(C)(C)C)CC1.Cc1ccccc1. The number of halogens is 6. The molecule has 2 aromatic carbocycles. The zero-order valence-electron chi connectivity index (χ0n) is 25.8. The predicted molar refractivity (Wildman–Crippen MR) is 156 cm³/mol. The highest BCUT2D eigenvalue weighted by Crippen LogP contribution is 2.39. The highest BCUT2D eigenvalue weighted by atomic mass is 19.4. The normalized spacial score (nSPS) is 14.5. The van der Waals surface area contributed by atoms with Crippen molar-refractivity contribution in [3.8, 4) is 0 Å². The Hall–Kier alpha value is -3.50. The van der Waals surface area contributed by atoms with E-state index in [2.05, 4.69) is 32.2 Å². The van der Waals surface area contributed by atoms with Crippen LogP contribution in [0.5, 0.6) is 0 Å². The van der Waals surface area contributed by atoms with Gasteiger partial charge in [-0.15, -0.1) is 13.2 Å². The topological polar surface area (TPSA) is 49.9 Å². The molecule has 11 heteroatoms. The van der Waals surface area contributed by atoms with E-state index in [0.717, 1.165) is 0 Å². The molecule has 0 saturated carbocycles. The third-order valence-corrected chi connectivity index (χ3v) is 6.77. The number of amides is 2. The van der Waals surface area contributed by atoms with E-state index < -0.39 is 46.5 Å². The van der Waals surface area contributed by atoms with Gasteiger partial charge in [0.2, 0.25) is 5.91 Å². The van der Waals surface area contributed by atoms with E-state index in [1.54, 1.807) is 20.8 Å². The van der Waals surface area contributed by atoms with Crippen LogP contribution in [-0.4, -0.2) is 53.6 Å². The van der Waals surface area contributed by atoms with E-state index in [1.165, 1.54) is 36.3 Å². The molecule has 0 aromatic heterocycles. The molecule has 43 heavy (non-hydrogen) atoms. The molecular weight excluding hydrogens is 574 g/mol. The Morgan fingerprint density at radius 1 is 0.814 bits per heavy atom. The summed E-state index contributed by atoms with van der Waals surface area (Å²) in [4.78, 5) is 28.3. The van der Waals surface area contributed by atoms with Gasteiger partial charge in [-0.25, -0.2) is 4.79 Å². The Bertz CT molecular complexity index is 1160. The molecule has 5 nitrogen and oxygen atoms in total. The number of hydrogen-bond acceptors (Lipinski definition) is 3. The number of hydrogen-bond donors (Lipinski definition) is 0. The van der Waals surface area contributed by atoms with Crippen molar-refractivity contribution in [2.45, 2.75) is 83.8 Å². The number of likely N-dealkylation sites (N-methyl/N-ethyl adjacent to an activating group) is 1. The van der Waals surface area contributed by atoms with Crippen LogP contribution < -0.4 is 0 Å². The van der Waals surface area contributed by atoms with Gasteiger partial charge < -0.3 is 14.5 Å². The number of likely N-dealkylation sites (tertiary alicyclic amines) is 1. The van der Waals surface area contributed by atoms with Crippen LogP contribution in [0.4, 0.5) is 31.1 Å². The molecule has 240 valence electrons. The first-order chi connectivity index (χ1) is 19.6. The molecule has 0 aliphatic carbocycles. The van der Waals surface area contributed by atoms with Crippen LogP contribution in [0.3, 0.4) is 0 Å². The molecule has 0 N–H and O–H groups in total. The minimum absolute atomic E-state index is 0.0418. The number of ether oxygens (including phenoxy) is 1. The number of nitrogens with zero attached hydrogens (tertiary/aromatic N) is 2. The van der Waals surface area contributed by atoms with Crippen molar-refractivity contribution in [3.05, 3.63) is 83.9 Å². The molecule has 2 amide bonds. The molecule has 1 heterocycles. The first kappa shape index (κ1) is 37.5. The highest BCUT2D eigenvalue weighted by Gasteiger charge is 2.42. The minimum Gasteiger partial charge on any atom is -0.444 e. The summed E-state index contributed by atoms with van der Waals surface area (Å²) in [6.07, 6.45) is -9.70. The fourth-order valence-corrected chi connectivity index (χ4v) is 4.34. The summed E-state index contributed by atoms with van der Waals surface area (Å²) in [5.41, 5.74) is -4.30. The average molecular weight is 617 g/mol. The summed E-state index contributed by atoms with van der Waals surface area (Å²) in [6, 6.07) is 11.1. The first-order valence-corrected chi connectivity index (χ1v) is 13.7. The Balaban J connectivity index is 0.000000883. The first-order valence-electron chi connectivity index (χ1n) is 13.7. The van der Waals surface area contributed by atoms with Gasteiger partial charge in [-0.3, -0.25) is 4.79 Å². The van der Waals surface area contributed by atoms with Crippen molar-refractivity contribution in [2.24, 2.45) is 0 Å². The Labute approximate surface area is 250 Å². The highest BCUT2D eigenvalue weighted by molar-refractivity contribution is 5.87. The smallest absolute Gasteiger partial charge is 0.416 e. The van der Waals surface area contributed by atoms with E-state index in [-0.39, 0.29) is 17.7 Å². The summed E-state index contributed by atoms with van der Waals surface area (Å²) in [5.74, 6) is -0.615. The Morgan fingerprint density at radius 3 is 1.58 bits per heavy atom. The molecule has 1 aliphatic rings. The second-order valence-electron chi connectivity index (χ2n) is 11.7. The second kappa shape index (κ2) is 14.8. The molecule has 0 unspecified atom stereocenters. The molecule has 0 atom stereocenters. The zero-order chi connectivity index (χ0) is 33.4. The Kier molecular flexibility index (Phi) is 12.9. The van der Waals surface area contributed by atoms with E-state index in [9.17, 15) is 35.9 Å². The number of piperidine rings is 1. The lowest BCUT2D eigenvalue weighted by Gasteiger charge is -2.40. The minimum atomic E-state index is -5.00. The van der Waals surface area contributed by atoms with E-state index >= 15 is 0 Å². The van der Waals surface area contributed by atoms with Crippen LogP contribution in [0.1, 0.15) is 69.7 Å². The molecule has 3 rings (SSSR count). The maximum absolute atomic E-state index is 13.3. The molecule has 2 aromatic rings. The van der Waals surface area contributed by atoms with Gasteiger partial charge in [0.15, 0.2) is 0 Å². The molecule has 1 fully saturated rings. The van der Waals surface area contributed by atoms with Crippen LogP contribution in [0.25, 0.3) is 0 Å². The molecule has 1 saturated heterocycles. The monoisotopic (exact) mass is 616 g/mol. The lowest BCUT2D eigenvalue weighted by Crippen LogP contribution is -2.51. The fraction of sp³-hybridized carbons (Fsp3) is 0.500. The number of alkyl halides is 6. The number of aryl methyl sites for hydroxylation is 1. The van der Waals surface area contributed by atoms with Crippen LogP contribution in [0.15, 0.2) is 61.7 Å². The number of benzene rings is 2. The summed E-state index contributed by atoms with van der Waals surface area (Å²) in [5, 5.41) is 0. The maximum atomic E-state index is 13.3. The van der Waals surface area contributed by atoms with Crippen LogP contribution in [0.2, 0.25) is 0 Å². The second-order valence-corrected chi connectivity index (χ2v) is 11.7. The third-order valence-electron chi connectivity index (χ3n) is 6.77. The zero-order valence-corrected chi connectivity index (χ0v) is 25.8. The standard InChI is InChI=1S/C23H30F6N2O3.C7H8.C2H4/c1-20(2,3)34-19(33)31-9-7-17(8-10-31)30(6)18(32)21(4,5)14-11-15(22(24,25)26)13-16(12-14)23(27,28)29;1-7-5-3-2-4-6-7;1-2/h11-13,17H,7-10H2,1-6H3;2-6H,1H3;1-2H2. The van der Waals surface area contributed by atoms with Crippen LogP contribution in [0, 0.1) is 6.92 Å². The summed E-state index contributed by atoms with van der Waals surface area (Å²) < 4.78 is 85.0. The molecule has 0 bridgehead atoms. The summed E-state index contributed by atoms with van der Waals surface area (Å²) in [7, 11) is 1.47. The average Bonchev–Trinajstić information content (AvgIpc) is 2.92. The van der Waals surface area contributed by atoms with Crippen molar-refractivity contribution in [3.63, 3.8) is 0 Å². The van der Waals surface area contributed by atoms with Gasteiger partial charge in [0.05, 0.1) is 16.5 Å².